The molecule has 0 saturated heterocycles. The van der Waals surface area contributed by atoms with Gasteiger partial charge in [-0.1, -0.05) is 12.1 Å². The van der Waals surface area contributed by atoms with Gasteiger partial charge in [0, 0.05) is 11.9 Å². The SMILES string of the molecule is Cn1cnnc1CSc1ccc(CO)cc1. The zero-order valence-corrected chi connectivity index (χ0v) is 9.81. The maximum atomic E-state index is 8.92. The van der Waals surface area contributed by atoms with Crippen LogP contribution in [0.1, 0.15) is 11.4 Å². The van der Waals surface area contributed by atoms with E-state index in [1.165, 1.54) is 4.90 Å². The number of benzene rings is 1. The molecule has 1 aromatic heterocycles. The molecule has 2 aromatic rings. The van der Waals surface area contributed by atoms with Crippen LogP contribution in [0.5, 0.6) is 0 Å². The summed E-state index contributed by atoms with van der Waals surface area (Å²) in [5, 5.41) is 16.8. The summed E-state index contributed by atoms with van der Waals surface area (Å²) in [6, 6.07) is 7.87. The van der Waals surface area contributed by atoms with E-state index in [-0.39, 0.29) is 6.61 Å². The monoisotopic (exact) mass is 235 g/mol. The van der Waals surface area contributed by atoms with Crippen LogP contribution in [-0.4, -0.2) is 19.9 Å². The van der Waals surface area contributed by atoms with Crippen molar-refractivity contribution in [2.75, 3.05) is 0 Å². The highest BCUT2D eigenvalue weighted by Crippen LogP contribution is 2.21. The molecule has 0 fully saturated rings. The second kappa shape index (κ2) is 5.14. The van der Waals surface area contributed by atoms with Crippen LogP contribution >= 0.6 is 11.8 Å². The standard InChI is InChI=1S/C11H13N3OS/c1-14-8-12-13-11(14)7-16-10-4-2-9(6-15)3-5-10/h2-5,8,15H,6-7H2,1H3. The first-order valence-electron chi connectivity index (χ1n) is 4.95. The number of hydrogen-bond acceptors (Lipinski definition) is 4. The highest BCUT2D eigenvalue weighted by atomic mass is 32.2. The number of thioether (sulfide) groups is 1. The third-order valence-electron chi connectivity index (χ3n) is 2.28. The molecule has 2 rings (SSSR count). The van der Waals surface area contributed by atoms with E-state index in [4.69, 9.17) is 5.11 Å². The number of aliphatic hydroxyl groups is 1. The Labute approximate surface area is 98.3 Å². The van der Waals surface area contributed by atoms with Gasteiger partial charge in [0.1, 0.15) is 12.2 Å². The van der Waals surface area contributed by atoms with Crippen molar-refractivity contribution in [2.45, 2.75) is 17.3 Å². The van der Waals surface area contributed by atoms with E-state index in [0.717, 1.165) is 17.1 Å². The fourth-order valence-corrected chi connectivity index (χ4v) is 2.16. The molecule has 1 aromatic carbocycles. The molecule has 16 heavy (non-hydrogen) atoms. The quantitative estimate of drug-likeness (QED) is 0.818. The molecule has 0 amide bonds. The van der Waals surface area contributed by atoms with Gasteiger partial charge in [0.2, 0.25) is 0 Å². The molecule has 0 bridgehead atoms. The molecular weight excluding hydrogens is 222 g/mol. The van der Waals surface area contributed by atoms with Gasteiger partial charge in [-0.15, -0.1) is 22.0 Å². The van der Waals surface area contributed by atoms with Crippen LogP contribution in [0.3, 0.4) is 0 Å². The van der Waals surface area contributed by atoms with Crippen LogP contribution in [0.25, 0.3) is 0 Å². The van der Waals surface area contributed by atoms with Crippen LogP contribution < -0.4 is 0 Å². The van der Waals surface area contributed by atoms with Gasteiger partial charge in [-0.05, 0) is 17.7 Å². The second-order valence-electron chi connectivity index (χ2n) is 3.45. The maximum absolute atomic E-state index is 8.92. The van der Waals surface area contributed by atoms with Crippen LogP contribution in [0.4, 0.5) is 0 Å². The van der Waals surface area contributed by atoms with Crippen LogP contribution in [0.2, 0.25) is 0 Å². The molecule has 0 radical (unpaired) electrons. The molecule has 5 heteroatoms. The lowest BCUT2D eigenvalue weighted by Crippen LogP contribution is -1.94. The van der Waals surface area contributed by atoms with Crippen LogP contribution in [-0.2, 0) is 19.4 Å². The van der Waals surface area contributed by atoms with Crippen LogP contribution in [0, 0.1) is 0 Å². The van der Waals surface area contributed by atoms with Gasteiger partial charge >= 0.3 is 0 Å². The lowest BCUT2D eigenvalue weighted by Gasteiger charge is -2.02. The van der Waals surface area contributed by atoms with Crippen molar-refractivity contribution in [3.8, 4) is 0 Å². The first-order chi connectivity index (χ1) is 7.79. The average Bonchev–Trinajstić information content (AvgIpc) is 2.73. The Balaban J connectivity index is 1.97. The van der Waals surface area contributed by atoms with Crippen molar-refractivity contribution >= 4 is 11.8 Å². The molecule has 0 aliphatic carbocycles. The molecule has 0 aliphatic heterocycles. The third kappa shape index (κ3) is 2.62. The molecule has 0 unspecified atom stereocenters. The fraction of sp³-hybridized carbons (Fsp3) is 0.273. The minimum absolute atomic E-state index is 0.0915. The first kappa shape index (κ1) is 11.2. The Morgan fingerprint density at radius 1 is 1.31 bits per heavy atom. The predicted octanol–water partition coefficient (Wildman–Crippen LogP) is 1.60. The highest BCUT2D eigenvalue weighted by molar-refractivity contribution is 7.98. The Kier molecular flexibility index (Phi) is 3.58. The summed E-state index contributed by atoms with van der Waals surface area (Å²) in [4.78, 5) is 1.17. The number of rotatable bonds is 4. The molecule has 4 nitrogen and oxygen atoms in total. The molecule has 0 spiro atoms. The number of aliphatic hydroxyl groups excluding tert-OH is 1. The lowest BCUT2D eigenvalue weighted by atomic mass is 10.2. The average molecular weight is 235 g/mol. The van der Waals surface area contributed by atoms with Gasteiger partial charge in [0.25, 0.3) is 0 Å². The van der Waals surface area contributed by atoms with Crippen molar-refractivity contribution < 1.29 is 5.11 Å². The smallest absolute Gasteiger partial charge is 0.142 e. The molecule has 1 heterocycles. The van der Waals surface area contributed by atoms with Crippen LogP contribution in [0.15, 0.2) is 35.5 Å². The fourth-order valence-electron chi connectivity index (χ4n) is 1.28. The van der Waals surface area contributed by atoms with E-state index in [0.29, 0.717) is 0 Å². The predicted molar refractivity (Wildman–Crippen MR) is 62.9 cm³/mol. The van der Waals surface area contributed by atoms with E-state index in [2.05, 4.69) is 10.2 Å². The van der Waals surface area contributed by atoms with Gasteiger partial charge in [-0.3, -0.25) is 0 Å². The minimum Gasteiger partial charge on any atom is -0.392 e. The van der Waals surface area contributed by atoms with Gasteiger partial charge in [-0.25, -0.2) is 0 Å². The van der Waals surface area contributed by atoms with E-state index in [1.54, 1.807) is 18.1 Å². The number of aryl methyl sites for hydroxylation is 1. The van der Waals surface area contributed by atoms with Crippen molar-refractivity contribution in [1.82, 2.24) is 14.8 Å². The molecule has 84 valence electrons. The lowest BCUT2D eigenvalue weighted by molar-refractivity contribution is 0.282. The normalized spacial score (nSPS) is 10.6. The summed E-state index contributed by atoms with van der Waals surface area (Å²) in [5.74, 6) is 1.76. The Morgan fingerprint density at radius 3 is 2.62 bits per heavy atom. The molecule has 0 atom stereocenters. The Hall–Kier alpha value is -1.33. The first-order valence-corrected chi connectivity index (χ1v) is 5.93. The summed E-state index contributed by atoms with van der Waals surface area (Å²) in [7, 11) is 1.94. The molecule has 1 N–H and O–H groups in total. The Bertz CT molecular complexity index is 453. The number of nitrogens with zero attached hydrogens (tertiary/aromatic N) is 3. The van der Waals surface area contributed by atoms with E-state index < -0.39 is 0 Å². The summed E-state index contributed by atoms with van der Waals surface area (Å²) in [6.45, 7) is 0.0915. The maximum Gasteiger partial charge on any atom is 0.142 e. The Morgan fingerprint density at radius 2 is 2.06 bits per heavy atom. The van der Waals surface area contributed by atoms with Crippen molar-refractivity contribution in [3.63, 3.8) is 0 Å². The summed E-state index contributed by atoms with van der Waals surface area (Å²) >= 11 is 1.71. The zero-order chi connectivity index (χ0) is 11.4. The van der Waals surface area contributed by atoms with Crippen molar-refractivity contribution in [2.24, 2.45) is 7.05 Å². The topological polar surface area (TPSA) is 50.9 Å². The molecular formula is C11H13N3OS. The molecule has 0 aliphatic rings. The zero-order valence-electron chi connectivity index (χ0n) is 9.00. The van der Waals surface area contributed by atoms with Gasteiger partial charge in [0.15, 0.2) is 0 Å². The van der Waals surface area contributed by atoms with E-state index >= 15 is 0 Å². The number of aromatic nitrogens is 3. The third-order valence-corrected chi connectivity index (χ3v) is 3.29. The van der Waals surface area contributed by atoms with E-state index in [9.17, 15) is 0 Å². The highest BCUT2D eigenvalue weighted by Gasteiger charge is 2.01. The second-order valence-corrected chi connectivity index (χ2v) is 4.50. The summed E-state index contributed by atoms with van der Waals surface area (Å²) < 4.78 is 1.91. The van der Waals surface area contributed by atoms with Gasteiger partial charge in [-0.2, -0.15) is 0 Å². The summed E-state index contributed by atoms with van der Waals surface area (Å²) in [5.41, 5.74) is 0.933. The summed E-state index contributed by atoms with van der Waals surface area (Å²) in [6.07, 6.45) is 1.70. The number of hydrogen-bond donors (Lipinski definition) is 1. The van der Waals surface area contributed by atoms with E-state index in [1.807, 2.05) is 35.9 Å². The largest absolute Gasteiger partial charge is 0.392 e. The molecule has 0 saturated carbocycles. The van der Waals surface area contributed by atoms with Crippen molar-refractivity contribution in [3.05, 3.63) is 42.0 Å². The van der Waals surface area contributed by atoms with Gasteiger partial charge < -0.3 is 9.67 Å². The van der Waals surface area contributed by atoms with Crippen molar-refractivity contribution in [1.29, 1.82) is 0 Å². The van der Waals surface area contributed by atoms with Gasteiger partial charge in [0.05, 0.1) is 12.4 Å². The minimum atomic E-state index is 0.0915.